The first kappa shape index (κ1) is 29.8. The van der Waals surface area contributed by atoms with E-state index < -0.39 is 0 Å². The number of hydrogen-bond donors (Lipinski definition) is 1. The van der Waals surface area contributed by atoms with E-state index in [1.165, 1.54) is 0 Å². The van der Waals surface area contributed by atoms with Gasteiger partial charge in [-0.1, -0.05) is 133 Å². The summed E-state index contributed by atoms with van der Waals surface area (Å²) in [6.07, 6.45) is 7.78. The first-order valence-electron chi connectivity index (χ1n) is 16.5. The van der Waals surface area contributed by atoms with Crippen molar-refractivity contribution in [3.63, 3.8) is 0 Å². The highest BCUT2D eigenvalue weighted by atomic mass is 32.1. The zero-order valence-electron chi connectivity index (χ0n) is 26.8. The summed E-state index contributed by atoms with van der Waals surface area (Å²) in [6, 6.07) is 44.4. The van der Waals surface area contributed by atoms with E-state index in [4.69, 9.17) is 24.7 Å². The van der Waals surface area contributed by atoms with Gasteiger partial charge in [-0.05, 0) is 29.3 Å². The Morgan fingerprint density at radius 3 is 2.02 bits per heavy atom. The van der Waals surface area contributed by atoms with Crippen molar-refractivity contribution in [3.05, 3.63) is 173 Å². The molecule has 1 aliphatic heterocycles. The Bertz CT molecular complexity index is 2430. The van der Waals surface area contributed by atoms with E-state index in [0.29, 0.717) is 23.2 Å². The van der Waals surface area contributed by atoms with Crippen molar-refractivity contribution >= 4 is 39.0 Å². The van der Waals surface area contributed by atoms with Crippen LogP contribution in [0.25, 0.3) is 44.2 Å². The van der Waals surface area contributed by atoms with Crippen LogP contribution in [0.4, 0.5) is 5.69 Å². The predicted molar refractivity (Wildman–Crippen MR) is 203 cm³/mol. The zero-order valence-corrected chi connectivity index (χ0v) is 27.6. The number of hydrogen-bond acceptors (Lipinski definition) is 7. The van der Waals surface area contributed by atoms with Gasteiger partial charge in [-0.2, -0.15) is 0 Å². The summed E-state index contributed by atoms with van der Waals surface area (Å²) in [6.45, 7) is 0. The number of aromatic nitrogens is 3. The number of benzene rings is 5. The molecule has 9 rings (SSSR count). The van der Waals surface area contributed by atoms with E-state index in [1.807, 2.05) is 121 Å². The number of rotatable bonds is 7. The molecule has 2 aromatic heterocycles. The van der Waals surface area contributed by atoms with Crippen LogP contribution in [0.3, 0.4) is 0 Å². The first-order valence-corrected chi connectivity index (χ1v) is 17.3. The molecule has 0 saturated carbocycles. The van der Waals surface area contributed by atoms with Gasteiger partial charge in [-0.3, -0.25) is 10.4 Å². The number of ether oxygens (including phenoxy) is 1. The second-order valence-electron chi connectivity index (χ2n) is 12.2. The quantitative estimate of drug-likeness (QED) is 0.172. The number of fused-ring (bicyclic) bond motifs is 4. The molecule has 5 aromatic carbocycles. The monoisotopic (exact) mass is 663 g/mol. The van der Waals surface area contributed by atoms with Gasteiger partial charge in [0.25, 0.3) is 0 Å². The Hall–Kier alpha value is -6.31. The lowest BCUT2D eigenvalue weighted by atomic mass is 9.81. The molecule has 7 heteroatoms. The maximum Gasteiger partial charge on any atom is 0.164 e. The molecule has 1 aliphatic carbocycles. The molecule has 7 aromatic rings. The summed E-state index contributed by atoms with van der Waals surface area (Å²) in [5, 5.41) is 10.7. The van der Waals surface area contributed by atoms with E-state index >= 15 is 0 Å². The van der Waals surface area contributed by atoms with Gasteiger partial charge < -0.3 is 4.74 Å². The van der Waals surface area contributed by atoms with Crippen LogP contribution < -0.4 is 4.74 Å². The molecule has 0 radical (unpaired) electrons. The van der Waals surface area contributed by atoms with Crippen molar-refractivity contribution in [2.24, 2.45) is 4.99 Å². The Labute approximate surface area is 293 Å². The third kappa shape index (κ3) is 5.44. The van der Waals surface area contributed by atoms with Gasteiger partial charge in [0.2, 0.25) is 0 Å². The topological polar surface area (TPSA) is 84.1 Å². The average molecular weight is 664 g/mol. The SMILES string of the molecule is N=C(C1=CC=CC2Oc3cc(-c4nc(-c5ccccc5)nc(-c5ccccc5)n4)ccc3C12)c1sc2ccccc2c1N=Cc1ccccc1. The Kier molecular flexibility index (Phi) is 7.52. The van der Waals surface area contributed by atoms with Gasteiger partial charge >= 0.3 is 0 Å². The smallest absolute Gasteiger partial charge is 0.164 e. The number of thiophene rings is 1. The Balaban J connectivity index is 1.09. The van der Waals surface area contributed by atoms with Crippen molar-refractivity contribution in [1.29, 1.82) is 5.41 Å². The summed E-state index contributed by atoms with van der Waals surface area (Å²) < 4.78 is 7.69. The minimum absolute atomic E-state index is 0.133. The second-order valence-corrected chi connectivity index (χ2v) is 13.2. The molecule has 6 nitrogen and oxygen atoms in total. The van der Waals surface area contributed by atoms with Crippen molar-refractivity contribution in [2.45, 2.75) is 12.0 Å². The maximum atomic E-state index is 9.61. The second kappa shape index (κ2) is 12.6. The molecule has 0 saturated heterocycles. The van der Waals surface area contributed by atoms with E-state index in [0.717, 1.165) is 59.8 Å². The van der Waals surface area contributed by atoms with Crippen LogP contribution in [-0.4, -0.2) is 33.0 Å². The summed E-state index contributed by atoms with van der Waals surface area (Å²) in [5.41, 5.74) is 6.92. The molecule has 0 bridgehead atoms. The lowest BCUT2D eigenvalue weighted by molar-refractivity contribution is 0.267. The van der Waals surface area contributed by atoms with Gasteiger partial charge in [0.05, 0.1) is 22.2 Å². The summed E-state index contributed by atoms with van der Waals surface area (Å²) in [5.74, 6) is 2.43. The standard InChI is InChI=1S/C43H29N5OS/c44-38(40-39(32-19-10-11-22-36(32)50-40)45-26-27-13-4-1-5-14-27)33-20-12-21-34-37(33)31-24-23-30(25-35(31)49-34)43-47-41(28-15-6-2-7-16-28)46-42(48-43)29-17-8-3-9-18-29/h1-26,34,37,44H. The van der Waals surface area contributed by atoms with Crippen LogP contribution in [0.1, 0.15) is 21.9 Å². The fourth-order valence-electron chi connectivity index (χ4n) is 6.61. The van der Waals surface area contributed by atoms with Crippen LogP contribution in [0.5, 0.6) is 5.75 Å². The normalized spacial score (nSPS) is 16.2. The van der Waals surface area contributed by atoms with E-state index in [2.05, 4.69) is 36.4 Å². The highest BCUT2D eigenvalue weighted by molar-refractivity contribution is 7.21. The molecule has 0 spiro atoms. The highest BCUT2D eigenvalue weighted by Crippen LogP contribution is 2.48. The molecule has 1 N–H and O–H groups in total. The number of aliphatic imine (C=N–C) groups is 1. The number of nitrogens with zero attached hydrogens (tertiary/aromatic N) is 4. The van der Waals surface area contributed by atoms with Gasteiger partial charge in [-0.25, -0.2) is 15.0 Å². The van der Waals surface area contributed by atoms with Gasteiger partial charge in [0.1, 0.15) is 11.9 Å². The highest BCUT2D eigenvalue weighted by Gasteiger charge is 2.39. The van der Waals surface area contributed by atoms with E-state index in [-0.39, 0.29) is 12.0 Å². The number of nitrogens with one attached hydrogen (secondary N) is 1. The molecule has 2 atom stereocenters. The van der Waals surface area contributed by atoms with Crippen LogP contribution in [0.15, 0.2) is 162 Å². The number of allylic oxidation sites excluding steroid dienone is 2. The van der Waals surface area contributed by atoms with Gasteiger partial charge in [-0.15, -0.1) is 11.3 Å². The van der Waals surface area contributed by atoms with Crippen LogP contribution in [-0.2, 0) is 0 Å². The van der Waals surface area contributed by atoms with Crippen molar-refractivity contribution < 1.29 is 4.74 Å². The molecule has 0 amide bonds. The van der Waals surface area contributed by atoms with E-state index in [9.17, 15) is 5.41 Å². The minimum atomic E-state index is -0.232. The van der Waals surface area contributed by atoms with Crippen LogP contribution >= 0.6 is 11.3 Å². The molecular weight excluding hydrogens is 635 g/mol. The Morgan fingerprint density at radius 2 is 1.32 bits per heavy atom. The molecule has 0 fully saturated rings. The maximum absolute atomic E-state index is 9.61. The van der Waals surface area contributed by atoms with Crippen LogP contribution in [0, 0.1) is 5.41 Å². The predicted octanol–water partition coefficient (Wildman–Crippen LogP) is 10.2. The van der Waals surface area contributed by atoms with E-state index in [1.54, 1.807) is 11.3 Å². The fraction of sp³-hybridized carbons (Fsp3) is 0.0465. The molecule has 50 heavy (non-hydrogen) atoms. The van der Waals surface area contributed by atoms with Crippen molar-refractivity contribution in [2.75, 3.05) is 0 Å². The third-order valence-electron chi connectivity index (χ3n) is 9.04. The molecular formula is C43H29N5OS. The Morgan fingerprint density at radius 1 is 0.700 bits per heavy atom. The zero-order chi connectivity index (χ0) is 33.4. The lowest BCUT2D eigenvalue weighted by Gasteiger charge is -2.23. The fourth-order valence-corrected chi connectivity index (χ4v) is 7.73. The summed E-state index contributed by atoms with van der Waals surface area (Å²) in [4.78, 5) is 20.5. The largest absolute Gasteiger partial charge is 0.485 e. The van der Waals surface area contributed by atoms with Gasteiger partial charge in [0, 0.05) is 38.6 Å². The van der Waals surface area contributed by atoms with Crippen LogP contribution in [0.2, 0.25) is 0 Å². The van der Waals surface area contributed by atoms with Crippen molar-refractivity contribution in [1.82, 2.24) is 15.0 Å². The third-order valence-corrected chi connectivity index (χ3v) is 10.2. The average Bonchev–Trinajstić information content (AvgIpc) is 3.76. The molecule has 2 aliphatic rings. The lowest BCUT2D eigenvalue weighted by Crippen LogP contribution is -2.23. The van der Waals surface area contributed by atoms with Crippen molar-refractivity contribution in [3.8, 4) is 39.9 Å². The molecule has 238 valence electrons. The first-order chi connectivity index (χ1) is 24.7. The summed E-state index contributed by atoms with van der Waals surface area (Å²) in [7, 11) is 0. The molecule has 3 heterocycles. The summed E-state index contributed by atoms with van der Waals surface area (Å²) >= 11 is 1.61. The molecule has 2 unspecified atom stereocenters. The van der Waals surface area contributed by atoms with Gasteiger partial charge in [0.15, 0.2) is 17.5 Å². The minimum Gasteiger partial charge on any atom is -0.485 e.